The van der Waals surface area contributed by atoms with Gasteiger partial charge >= 0.3 is 0 Å². The van der Waals surface area contributed by atoms with Gasteiger partial charge in [0.05, 0.1) is 10.7 Å². The number of aryl methyl sites for hydroxylation is 2. The molecule has 7 nitrogen and oxygen atoms in total. The third kappa shape index (κ3) is 3.40. The summed E-state index contributed by atoms with van der Waals surface area (Å²) in [6.45, 7) is 4.41. The summed E-state index contributed by atoms with van der Waals surface area (Å²) in [6, 6.07) is 4.45. The van der Waals surface area contributed by atoms with Crippen molar-refractivity contribution in [1.29, 1.82) is 0 Å². The van der Waals surface area contributed by atoms with Gasteiger partial charge in [0.2, 0.25) is 5.91 Å². The van der Waals surface area contributed by atoms with E-state index in [1.807, 2.05) is 0 Å². The van der Waals surface area contributed by atoms with Crippen molar-refractivity contribution in [1.82, 2.24) is 5.16 Å². The van der Waals surface area contributed by atoms with Crippen molar-refractivity contribution >= 4 is 38.9 Å². The van der Waals surface area contributed by atoms with E-state index in [9.17, 15) is 13.2 Å². The maximum atomic E-state index is 12.4. The molecule has 118 valence electrons. The van der Waals surface area contributed by atoms with E-state index < -0.39 is 10.0 Å². The molecule has 2 aromatic rings. The lowest BCUT2D eigenvalue weighted by Crippen LogP contribution is -2.15. The van der Waals surface area contributed by atoms with E-state index in [-0.39, 0.29) is 33.0 Å². The van der Waals surface area contributed by atoms with Gasteiger partial charge in [-0.25, -0.2) is 8.42 Å². The summed E-state index contributed by atoms with van der Waals surface area (Å²) in [5.74, 6) is -0.0592. The van der Waals surface area contributed by atoms with Crippen molar-refractivity contribution in [2.24, 2.45) is 0 Å². The number of sulfonamides is 1. The molecule has 0 saturated heterocycles. The van der Waals surface area contributed by atoms with Gasteiger partial charge in [-0.1, -0.05) is 16.8 Å². The van der Waals surface area contributed by atoms with E-state index in [1.165, 1.54) is 32.9 Å². The standard InChI is InChI=1S/C13H14ClN3O4S/c1-7-13(8(2)21-16-7)22(19,20)17-12-5-4-10(6-11(12)14)15-9(3)18/h4-6,17H,1-3H3,(H,15,18). The van der Waals surface area contributed by atoms with E-state index in [0.717, 1.165) is 0 Å². The first-order valence-corrected chi connectivity index (χ1v) is 8.09. The number of benzene rings is 1. The molecule has 2 rings (SSSR count). The molecule has 1 aromatic heterocycles. The number of hydrogen-bond donors (Lipinski definition) is 2. The average Bonchev–Trinajstić information content (AvgIpc) is 2.72. The Labute approximate surface area is 132 Å². The largest absolute Gasteiger partial charge is 0.360 e. The number of amides is 1. The highest BCUT2D eigenvalue weighted by Crippen LogP contribution is 2.29. The van der Waals surface area contributed by atoms with Crippen LogP contribution in [0.3, 0.4) is 0 Å². The van der Waals surface area contributed by atoms with E-state index in [2.05, 4.69) is 15.2 Å². The van der Waals surface area contributed by atoms with Crippen LogP contribution in [0.25, 0.3) is 0 Å². The summed E-state index contributed by atoms with van der Waals surface area (Å²) < 4.78 is 32.0. The molecular weight excluding hydrogens is 330 g/mol. The normalized spacial score (nSPS) is 11.3. The van der Waals surface area contributed by atoms with Gasteiger partial charge in [0.25, 0.3) is 10.0 Å². The Hall–Kier alpha value is -2.06. The predicted molar refractivity (Wildman–Crippen MR) is 82.5 cm³/mol. The Morgan fingerprint density at radius 3 is 2.50 bits per heavy atom. The van der Waals surface area contributed by atoms with E-state index >= 15 is 0 Å². The molecule has 0 spiro atoms. The quantitative estimate of drug-likeness (QED) is 0.888. The zero-order valence-corrected chi connectivity index (χ0v) is 13.7. The number of halogens is 1. The number of hydrogen-bond acceptors (Lipinski definition) is 5. The summed E-state index contributed by atoms with van der Waals surface area (Å²) >= 11 is 6.04. The van der Waals surface area contributed by atoms with E-state index in [4.69, 9.17) is 16.1 Å². The minimum Gasteiger partial charge on any atom is -0.360 e. The second kappa shape index (κ2) is 5.98. The lowest BCUT2D eigenvalue weighted by molar-refractivity contribution is -0.114. The molecule has 0 atom stereocenters. The number of aromatic nitrogens is 1. The van der Waals surface area contributed by atoms with Gasteiger partial charge < -0.3 is 9.84 Å². The highest BCUT2D eigenvalue weighted by Gasteiger charge is 2.25. The summed E-state index contributed by atoms with van der Waals surface area (Å²) in [7, 11) is -3.87. The fourth-order valence-corrected chi connectivity index (χ4v) is 3.63. The molecule has 0 unspecified atom stereocenters. The zero-order valence-electron chi connectivity index (χ0n) is 12.1. The van der Waals surface area contributed by atoms with Crippen molar-refractivity contribution in [2.75, 3.05) is 10.0 Å². The summed E-state index contributed by atoms with van der Waals surface area (Å²) in [4.78, 5) is 11.0. The maximum absolute atomic E-state index is 12.4. The van der Waals surface area contributed by atoms with Crippen LogP contribution in [0.2, 0.25) is 5.02 Å². The number of nitrogens with one attached hydrogen (secondary N) is 2. The van der Waals surface area contributed by atoms with Crippen molar-refractivity contribution in [3.63, 3.8) is 0 Å². The van der Waals surface area contributed by atoms with Crippen molar-refractivity contribution < 1.29 is 17.7 Å². The number of anilines is 2. The zero-order chi connectivity index (χ0) is 16.5. The fraction of sp³-hybridized carbons (Fsp3) is 0.231. The lowest BCUT2D eigenvalue weighted by atomic mass is 10.3. The SMILES string of the molecule is CC(=O)Nc1ccc(NS(=O)(=O)c2c(C)noc2C)c(Cl)c1. The molecule has 0 aliphatic heterocycles. The molecule has 1 heterocycles. The van der Waals surface area contributed by atoms with Crippen LogP contribution in [0.4, 0.5) is 11.4 Å². The Balaban J connectivity index is 2.33. The van der Waals surface area contributed by atoms with Crippen molar-refractivity contribution in [3.05, 3.63) is 34.7 Å². The molecule has 0 saturated carbocycles. The van der Waals surface area contributed by atoms with Gasteiger partial charge in [-0.2, -0.15) is 0 Å². The first-order valence-electron chi connectivity index (χ1n) is 6.23. The van der Waals surface area contributed by atoms with Crippen molar-refractivity contribution in [3.8, 4) is 0 Å². The third-order valence-electron chi connectivity index (χ3n) is 2.77. The van der Waals surface area contributed by atoms with Crippen LogP contribution in [-0.4, -0.2) is 19.5 Å². The van der Waals surface area contributed by atoms with Gasteiger partial charge in [0.1, 0.15) is 5.69 Å². The van der Waals surface area contributed by atoms with Crippen LogP contribution in [0.1, 0.15) is 18.4 Å². The first-order chi connectivity index (χ1) is 10.2. The predicted octanol–water partition coefficient (Wildman–Crippen LogP) is 2.70. The third-order valence-corrected chi connectivity index (χ3v) is 4.69. The summed E-state index contributed by atoms with van der Waals surface area (Å²) in [6.07, 6.45) is 0. The first kappa shape index (κ1) is 16.3. The molecule has 0 bridgehead atoms. The Bertz CT molecular complexity index is 810. The highest BCUT2D eigenvalue weighted by molar-refractivity contribution is 7.92. The average molecular weight is 344 g/mol. The summed E-state index contributed by atoms with van der Waals surface area (Å²) in [5, 5.41) is 6.33. The number of carbonyl (C=O) groups excluding carboxylic acids is 1. The minimum atomic E-state index is -3.87. The second-order valence-electron chi connectivity index (χ2n) is 4.63. The molecule has 0 radical (unpaired) electrons. The van der Waals surface area contributed by atoms with Gasteiger partial charge in [-0.3, -0.25) is 9.52 Å². The highest BCUT2D eigenvalue weighted by atomic mass is 35.5. The lowest BCUT2D eigenvalue weighted by Gasteiger charge is -2.10. The monoisotopic (exact) mass is 343 g/mol. The molecule has 0 fully saturated rings. The van der Waals surface area contributed by atoms with Crippen LogP contribution in [0, 0.1) is 13.8 Å². The molecular formula is C13H14ClN3O4S. The smallest absolute Gasteiger partial charge is 0.267 e. The van der Waals surface area contributed by atoms with Gasteiger partial charge in [0.15, 0.2) is 10.7 Å². The van der Waals surface area contributed by atoms with Crippen LogP contribution in [-0.2, 0) is 14.8 Å². The molecule has 1 amide bonds. The molecule has 22 heavy (non-hydrogen) atoms. The topological polar surface area (TPSA) is 101 Å². The van der Waals surface area contributed by atoms with Crippen LogP contribution in [0.15, 0.2) is 27.6 Å². The fourth-order valence-electron chi connectivity index (χ4n) is 1.93. The molecule has 2 N–H and O–H groups in total. The van der Waals surface area contributed by atoms with E-state index in [0.29, 0.717) is 5.69 Å². The molecule has 9 heteroatoms. The maximum Gasteiger partial charge on any atom is 0.267 e. The number of carbonyl (C=O) groups is 1. The number of rotatable bonds is 4. The van der Waals surface area contributed by atoms with E-state index in [1.54, 1.807) is 6.07 Å². The Morgan fingerprint density at radius 2 is 2.00 bits per heavy atom. The van der Waals surface area contributed by atoms with Gasteiger partial charge in [0, 0.05) is 12.6 Å². The van der Waals surface area contributed by atoms with Crippen LogP contribution >= 0.6 is 11.6 Å². The van der Waals surface area contributed by atoms with Gasteiger partial charge in [-0.05, 0) is 32.0 Å². The van der Waals surface area contributed by atoms with Crippen molar-refractivity contribution in [2.45, 2.75) is 25.7 Å². The second-order valence-corrected chi connectivity index (χ2v) is 6.66. The Morgan fingerprint density at radius 1 is 1.32 bits per heavy atom. The summed E-state index contributed by atoms with van der Waals surface area (Å²) in [5.41, 5.74) is 0.921. The van der Waals surface area contributed by atoms with Gasteiger partial charge in [-0.15, -0.1) is 0 Å². The number of nitrogens with zero attached hydrogens (tertiary/aromatic N) is 1. The molecule has 0 aliphatic rings. The molecule has 1 aromatic carbocycles. The van der Waals surface area contributed by atoms with Crippen LogP contribution in [0.5, 0.6) is 0 Å². The molecule has 0 aliphatic carbocycles. The Kier molecular flexibility index (Phi) is 4.43. The minimum absolute atomic E-state index is 0.0190. The van der Waals surface area contributed by atoms with Crippen LogP contribution < -0.4 is 10.0 Å².